The number of anilines is 1. The maximum Gasteiger partial charge on any atom is 0.319 e. The van der Waals surface area contributed by atoms with Crippen molar-refractivity contribution in [1.82, 2.24) is 5.32 Å². The number of nitrogens with one attached hydrogen (secondary N) is 2. The third-order valence-corrected chi connectivity index (χ3v) is 3.87. The van der Waals surface area contributed by atoms with E-state index < -0.39 is 5.97 Å². The molecule has 3 N–H and O–H groups in total. The fraction of sp³-hybridized carbons (Fsp3) is 0.500. The van der Waals surface area contributed by atoms with Gasteiger partial charge in [0.2, 0.25) is 0 Å². The molecule has 2 rings (SSSR count). The molecule has 1 aliphatic rings. The van der Waals surface area contributed by atoms with Crippen LogP contribution in [0.3, 0.4) is 0 Å². The van der Waals surface area contributed by atoms with Gasteiger partial charge in [-0.15, -0.1) is 0 Å². The Morgan fingerprint density at radius 2 is 1.95 bits per heavy atom. The number of hydrogen-bond acceptors (Lipinski definition) is 2. The molecule has 0 bridgehead atoms. The van der Waals surface area contributed by atoms with E-state index in [2.05, 4.69) is 17.6 Å². The highest BCUT2D eigenvalue weighted by Crippen LogP contribution is 2.25. The number of amides is 2. The first-order valence-corrected chi connectivity index (χ1v) is 7.47. The van der Waals surface area contributed by atoms with E-state index in [0.717, 1.165) is 24.9 Å². The molecule has 1 aromatic carbocycles. The maximum absolute atomic E-state index is 11.9. The van der Waals surface area contributed by atoms with Gasteiger partial charge < -0.3 is 15.7 Å². The number of rotatable bonds is 5. The zero-order valence-corrected chi connectivity index (χ0v) is 12.3. The van der Waals surface area contributed by atoms with Crippen LogP contribution in [0.5, 0.6) is 0 Å². The minimum atomic E-state index is -0.772. The first-order valence-electron chi connectivity index (χ1n) is 7.47. The van der Waals surface area contributed by atoms with Gasteiger partial charge in [-0.3, -0.25) is 4.79 Å². The average Bonchev–Trinajstić information content (AvgIpc) is 2.90. The van der Waals surface area contributed by atoms with E-state index in [1.807, 2.05) is 24.3 Å². The molecule has 114 valence electrons. The highest BCUT2D eigenvalue weighted by Gasteiger charge is 2.30. The zero-order chi connectivity index (χ0) is 15.2. The number of carboxylic acid groups (broad SMARTS) is 1. The molecule has 0 saturated heterocycles. The molecular formula is C16H22N2O3. The number of aliphatic carboxylic acids is 1. The lowest BCUT2D eigenvalue weighted by Gasteiger charge is -2.13. The quantitative estimate of drug-likeness (QED) is 0.780. The van der Waals surface area contributed by atoms with E-state index in [0.29, 0.717) is 12.8 Å². The van der Waals surface area contributed by atoms with Gasteiger partial charge in [0, 0.05) is 11.7 Å². The zero-order valence-electron chi connectivity index (χ0n) is 12.3. The van der Waals surface area contributed by atoms with Crippen LogP contribution in [-0.4, -0.2) is 23.1 Å². The third kappa shape index (κ3) is 4.48. The van der Waals surface area contributed by atoms with Crippen molar-refractivity contribution in [3.8, 4) is 0 Å². The van der Waals surface area contributed by atoms with Crippen LogP contribution in [0.15, 0.2) is 24.3 Å². The van der Waals surface area contributed by atoms with E-state index >= 15 is 0 Å². The molecule has 5 nitrogen and oxygen atoms in total. The summed E-state index contributed by atoms with van der Waals surface area (Å²) in [6.45, 7) is 2.13. The summed E-state index contributed by atoms with van der Waals surface area (Å²) in [5, 5.41) is 14.6. The molecule has 1 aromatic rings. The molecule has 1 fully saturated rings. The SMILES string of the molecule is CCCc1ccc(NC(=O)NC2CCC(C(=O)O)C2)cc1. The molecule has 2 atom stereocenters. The van der Waals surface area contributed by atoms with Crippen LogP contribution in [0.25, 0.3) is 0 Å². The topological polar surface area (TPSA) is 78.4 Å². The lowest BCUT2D eigenvalue weighted by molar-refractivity contribution is -0.141. The van der Waals surface area contributed by atoms with Gasteiger partial charge in [-0.05, 0) is 43.4 Å². The number of urea groups is 1. The third-order valence-electron chi connectivity index (χ3n) is 3.87. The molecule has 0 aromatic heterocycles. The fourth-order valence-corrected chi connectivity index (χ4v) is 2.73. The van der Waals surface area contributed by atoms with Crippen LogP contribution in [0, 0.1) is 5.92 Å². The molecular weight excluding hydrogens is 268 g/mol. The summed E-state index contributed by atoms with van der Waals surface area (Å²) in [5.41, 5.74) is 2.00. The first kappa shape index (κ1) is 15.4. The van der Waals surface area contributed by atoms with E-state index in [9.17, 15) is 9.59 Å². The maximum atomic E-state index is 11.9. The summed E-state index contributed by atoms with van der Waals surface area (Å²) in [4.78, 5) is 22.8. The van der Waals surface area contributed by atoms with E-state index in [4.69, 9.17) is 5.11 Å². The number of hydrogen-bond donors (Lipinski definition) is 3. The Morgan fingerprint density at radius 3 is 2.52 bits per heavy atom. The Balaban J connectivity index is 1.80. The Labute approximate surface area is 124 Å². The molecule has 0 aliphatic heterocycles. The molecule has 2 unspecified atom stereocenters. The number of benzene rings is 1. The predicted molar refractivity (Wildman–Crippen MR) is 81.4 cm³/mol. The second-order valence-corrected chi connectivity index (χ2v) is 5.59. The normalized spacial score (nSPS) is 21.0. The van der Waals surface area contributed by atoms with Crippen LogP contribution in [0.4, 0.5) is 10.5 Å². The lowest BCUT2D eigenvalue weighted by Crippen LogP contribution is -2.36. The highest BCUT2D eigenvalue weighted by atomic mass is 16.4. The molecule has 1 aliphatic carbocycles. The molecule has 0 heterocycles. The summed E-state index contributed by atoms with van der Waals surface area (Å²) in [6.07, 6.45) is 3.99. The van der Waals surface area contributed by atoms with Crippen LogP contribution >= 0.6 is 0 Å². The second-order valence-electron chi connectivity index (χ2n) is 5.59. The van der Waals surface area contributed by atoms with Gasteiger partial charge in [0.1, 0.15) is 0 Å². The van der Waals surface area contributed by atoms with Crippen molar-refractivity contribution >= 4 is 17.7 Å². The number of carbonyl (C=O) groups excluding carboxylic acids is 1. The fourth-order valence-electron chi connectivity index (χ4n) is 2.73. The standard InChI is InChI=1S/C16H22N2O3/c1-2-3-11-4-7-13(8-5-11)17-16(21)18-14-9-6-12(10-14)15(19)20/h4-5,7-8,12,14H,2-3,6,9-10H2,1H3,(H,19,20)(H2,17,18,21). The van der Waals surface area contributed by atoms with Gasteiger partial charge in [0.15, 0.2) is 0 Å². The van der Waals surface area contributed by atoms with E-state index in [1.165, 1.54) is 5.56 Å². The minimum absolute atomic E-state index is 0.0505. The molecule has 0 radical (unpaired) electrons. The molecule has 21 heavy (non-hydrogen) atoms. The van der Waals surface area contributed by atoms with E-state index in [1.54, 1.807) is 0 Å². The summed E-state index contributed by atoms with van der Waals surface area (Å²) in [6, 6.07) is 7.47. The Morgan fingerprint density at radius 1 is 1.24 bits per heavy atom. The van der Waals surface area contributed by atoms with Gasteiger partial charge in [0.05, 0.1) is 5.92 Å². The van der Waals surface area contributed by atoms with Gasteiger partial charge in [-0.2, -0.15) is 0 Å². The monoisotopic (exact) mass is 290 g/mol. The van der Waals surface area contributed by atoms with Crippen molar-refractivity contribution in [1.29, 1.82) is 0 Å². The molecule has 2 amide bonds. The van der Waals surface area contributed by atoms with Crippen LogP contribution < -0.4 is 10.6 Å². The van der Waals surface area contributed by atoms with Gasteiger partial charge in [0.25, 0.3) is 0 Å². The van der Waals surface area contributed by atoms with Crippen LogP contribution in [0.1, 0.15) is 38.2 Å². The summed E-state index contributed by atoms with van der Waals surface area (Å²) in [7, 11) is 0. The van der Waals surface area contributed by atoms with Crippen molar-refractivity contribution in [3.63, 3.8) is 0 Å². The summed E-state index contributed by atoms with van der Waals surface area (Å²) < 4.78 is 0. The Bertz CT molecular complexity index is 499. The Hall–Kier alpha value is -2.04. The molecule has 0 spiro atoms. The lowest BCUT2D eigenvalue weighted by atomic mass is 10.1. The number of carboxylic acids is 1. The number of carbonyl (C=O) groups is 2. The minimum Gasteiger partial charge on any atom is -0.481 e. The van der Waals surface area contributed by atoms with Crippen molar-refractivity contribution in [3.05, 3.63) is 29.8 Å². The van der Waals surface area contributed by atoms with Crippen molar-refractivity contribution < 1.29 is 14.7 Å². The number of aryl methyl sites for hydroxylation is 1. The van der Waals surface area contributed by atoms with Crippen LogP contribution in [0.2, 0.25) is 0 Å². The van der Waals surface area contributed by atoms with Crippen LogP contribution in [-0.2, 0) is 11.2 Å². The average molecular weight is 290 g/mol. The van der Waals surface area contributed by atoms with Gasteiger partial charge in [-0.25, -0.2) is 4.79 Å². The van der Waals surface area contributed by atoms with Crippen molar-refractivity contribution in [2.24, 2.45) is 5.92 Å². The smallest absolute Gasteiger partial charge is 0.319 e. The summed E-state index contributed by atoms with van der Waals surface area (Å²) >= 11 is 0. The predicted octanol–water partition coefficient (Wildman–Crippen LogP) is 3.01. The largest absolute Gasteiger partial charge is 0.481 e. The summed E-state index contributed by atoms with van der Waals surface area (Å²) in [5.74, 6) is -1.10. The van der Waals surface area contributed by atoms with Gasteiger partial charge >= 0.3 is 12.0 Å². The van der Waals surface area contributed by atoms with Crippen molar-refractivity contribution in [2.75, 3.05) is 5.32 Å². The first-order chi connectivity index (χ1) is 10.1. The van der Waals surface area contributed by atoms with E-state index in [-0.39, 0.29) is 18.0 Å². The second kappa shape index (κ2) is 7.11. The van der Waals surface area contributed by atoms with Gasteiger partial charge in [-0.1, -0.05) is 25.5 Å². The highest BCUT2D eigenvalue weighted by molar-refractivity contribution is 5.89. The Kier molecular flexibility index (Phi) is 5.20. The molecule has 1 saturated carbocycles. The molecule has 5 heteroatoms. The van der Waals surface area contributed by atoms with Crippen molar-refractivity contribution in [2.45, 2.75) is 45.1 Å².